The second-order valence-electron chi connectivity index (χ2n) is 3.72. The van der Waals surface area contributed by atoms with E-state index >= 15 is 0 Å². The van der Waals surface area contributed by atoms with E-state index in [4.69, 9.17) is 10.4 Å². The van der Waals surface area contributed by atoms with Crippen molar-refractivity contribution in [1.29, 1.82) is 5.26 Å². The number of nitriles is 1. The highest BCUT2D eigenvalue weighted by Gasteiger charge is 2.19. The summed E-state index contributed by atoms with van der Waals surface area (Å²) in [5.41, 5.74) is 0.805. The Morgan fingerprint density at radius 2 is 1.94 bits per heavy atom. The first-order valence-corrected chi connectivity index (χ1v) is 5.17. The lowest BCUT2D eigenvalue weighted by molar-refractivity contribution is -0.137. The van der Waals surface area contributed by atoms with Gasteiger partial charge in [0, 0.05) is 14.1 Å². The molecular formula is C12H13N3O3. The maximum atomic E-state index is 11.9. The maximum absolute atomic E-state index is 11.9. The van der Waals surface area contributed by atoms with Crippen LogP contribution < -0.4 is 4.90 Å². The topological polar surface area (TPSA) is 84.6 Å². The first kappa shape index (κ1) is 13.5. The largest absolute Gasteiger partial charge is 0.480 e. The first-order chi connectivity index (χ1) is 8.47. The van der Waals surface area contributed by atoms with Crippen LogP contribution in [-0.4, -0.2) is 42.6 Å². The molecule has 1 aromatic rings. The standard InChI is InChI=1S/C12H13N3O3/c1-14(8-11(16)17)12(18)15(2)10-6-4-3-5-9(10)7-13/h3-6H,8H2,1-2H3,(H,16,17). The summed E-state index contributed by atoms with van der Waals surface area (Å²) < 4.78 is 0. The number of hydrogen-bond donors (Lipinski definition) is 1. The highest BCUT2D eigenvalue weighted by molar-refractivity contribution is 5.94. The van der Waals surface area contributed by atoms with E-state index in [1.807, 2.05) is 6.07 Å². The number of anilines is 1. The van der Waals surface area contributed by atoms with Gasteiger partial charge in [-0.3, -0.25) is 9.69 Å². The van der Waals surface area contributed by atoms with Gasteiger partial charge in [0.15, 0.2) is 0 Å². The summed E-state index contributed by atoms with van der Waals surface area (Å²) in [5, 5.41) is 17.6. The van der Waals surface area contributed by atoms with Gasteiger partial charge in [0.2, 0.25) is 0 Å². The monoisotopic (exact) mass is 247 g/mol. The van der Waals surface area contributed by atoms with Crippen LogP contribution in [0.3, 0.4) is 0 Å². The molecule has 6 heteroatoms. The lowest BCUT2D eigenvalue weighted by atomic mass is 10.2. The van der Waals surface area contributed by atoms with Gasteiger partial charge >= 0.3 is 12.0 Å². The van der Waals surface area contributed by atoms with E-state index in [0.29, 0.717) is 11.3 Å². The predicted molar refractivity (Wildman–Crippen MR) is 65.2 cm³/mol. The predicted octanol–water partition coefficient (Wildman–Crippen LogP) is 1.13. The van der Waals surface area contributed by atoms with E-state index in [9.17, 15) is 9.59 Å². The van der Waals surface area contributed by atoms with Crippen molar-refractivity contribution >= 4 is 17.7 Å². The molecular weight excluding hydrogens is 234 g/mol. The van der Waals surface area contributed by atoms with Gasteiger partial charge in [0.05, 0.1) is 11.3 Å². The molecule has 0 saturated carbocycles. The second kappa shape index (κ2) is 5.68. The fourth-order valence-corrected chi connectivity index (χ4v) is 1.49. The van der Waals surface area contributed by atoms with Crippen LogP contribution in [0.4, 0.5) is 10.5 Å². The number of rotatable bonds is 3. The number of benzene rings is 1. The summed E-state index contributed by atoms with van der Waals surface area (Å²) in [5.74, 6) is -1.09. The molecule has 2 amide bonds. The summed E-state index contributed by atoms with van der Waals surface area (Å²) in [6, 6.07) is 8.12. The van der Waals surface area contributed by atoms with E-state index in [1.54, 1.807) is 24.3 Å². The Balaban J connectivity index is 2.93. The molecule has 0 saturated heterocycles. The van der Waals surface area contributed by atoms with E-state index in [-0.39, 0.29) is 0 Å². The fraction of sp³-hybridized carbons (Fsp3) is 0.250. The normalized spacial score (nSPS) is 9.39. The van der Waals surface area contributed by atoms with E-state index in [0.717, 1.165) is 4.90 Å². The van der Waals surface area contributed by atoms with Crippen LogP contribution in [0.15, 0.2) is 24.3 Å². The van der Waals surface area contributed by atoms with Crippen molar-refractivity contribution in [2.75, 3.05) is 25.5 Å². The summed E-state index contributed by atoms with van der Waals surface area (Å²) in [6.45, 7) is -0.391. The quantitative estimate of drug-likeness (QED) is 0.867. The molecule has 0 bridgehead atoms. The van der Waals surface area contributed by atoms with Gasteiger partial charge in [-0.05, 0) is 12.1 Å². The number of aliphatic carboxylic acids is 1. The number of urea groups is 1. The number of amides is 2. The fourth-order valence-electron chi connectivity index (χ4n) is 1.49. The second-order valence-corrected chi connectivity index (χ2v) is 3.72. The third-order valence-corrected chi connectivity index (χ3v) is 2.37. The van der Waals surface area contributed by atoms with Crippen LogP contribution in [0.5, 0.6) is 0 Å². The van der Waals surface area contributed by atoms with Crippen molar-refractivity contribution in [1.82, 2.24) is 4.90 Å². The van der Waals surface area contributed by atoms with Crippen molar-refractivity contribution in [2.24, 2.45) is 0 Å². The minimum absolute atomic E-state index is 0.358. The first-order valence-electron chi connectivity index (χ1n) is 5.17. The zero-order valence-electron chi connectivity index (χ0n) is 10.1. The molecule has 94 valence electrons. The molecule has 0 aliphatic heterocycles. The Morgan fingerprint density at radius 3 is 2.50 bits per heavy atom. The number of nitrogens with zero attached hydrogens (tertiary/aromatic N) is 3. The van der Waals surface area contributed by atoms with Crippen LogP contribution in [0.2, 0.25) is 0 Å². The van der Waals surface area contributed by atoms with Gasteiger partial charge in [-0.25, -0.2) is 4.79 Å². The summed E-state index contributed by atoms with van der Waals surface area (Å²) in [4.78, 5) is 24.8. The average molecular weight is 247 g/mol. The third-order valence-electron chi connectivity index (χ3n) is 2.37. The Kier molecular flexibility index (Phi) is 4.27. The Hall–Kier alpha value is -2.55. The number of hydrogen-bond acceptors (Lipinski definition) is 3. The van der Waals surface area contributed by atoms with Crippen LogP contribution in [-0.2, 0) is 4.79 Å². The molecule has 0 atom stereocenters. The number of likely N-dealkylation sites (N-methyl/N-ethyl adjacent to an activating group) is 1. The minimum Gasteiger partial charge on any atom is -0.480 e. The number of carbonyl (C=O) groups excluding carboxylic acids is 1. The smallest absolute Gasteiger partial charge is 0.324 e. The zero-order valence-corrected chi connectivity index (χ0v) is 10.1. The molecule has 1 rings (SSSR count). The highest BCUT2D eigenvalue weighted by Crippen LogP contribution is 2.18. The minimum atomic E-state index is -1.09. The third kappa shape index (κ3) is 2.98. The van der Waals surface area contributed by atoms with Crippen molar-refractivity contribution in [3.8, 4) is 6.07 Å². The number of carboxylic acid groups (broad SMARTS) is 1. The van der Waals surface area contributed by atoms with Crippen LogP contribution in [0.25, 0.3) is 0 Å². The van der Waals surface area contributed by atoms with Crippen molar-refractivity contribution in [3.63, 3.8) is 0 Å². The van der Waals surface area contributed by atoms with Crippen LogP contribution in [0, 0.1) is 11.3 Å². The molecule has 6 nitrogen and oxygen atoms in total. The van der Waals surface area contributed by atoms with Crippen molar-refractivity contribution in [2.45, 2.75) is 0 Å². The summed E-state index contributed by atoms with van der Waals surface area (Å²) in [7, 11) is 2.89. The Labute approximate surface area is 105 Å². The Bertz CT molecular complexity index is 508. The van der Waals surface area contributed by atoms with Gasteiger partial charge in [0.1, 0.15) is 12.6 Å². The number of para-hydroxylation sites is 1. The van der Waals surface area contributed by atoms with E-state index in [1.165, 1.54) is 19.0 Å². The number of carboxylic acids is 1. The molecule has 0 spiro atoms. The van der Waals surface area contributed by atoms with Gasteiger partial charge in [-0.1, -0.05) is 12.1 Å². The summed E-state index contributed by atoms with van der Waals surface area (Å²) >= 11 is 0. The molecule has 0 fully saturated rings. The van der Waals surface area contributed by atoms with Gasteiger partial charge in [-0.15, -0.1) is 0 Å². The van der Waals surface area contributed by atoms with Gasteiger partial charge in [0.25, 0.3) is 0 Å². The van der Waals surface area contributed by atoms with Crippen molar-refractivity contribution in [3.05, 3.63) is 29.8 Å². The SMILES string of the molecule is CN(CC(=O)O)C(=O)N(C)c1ccccc1C#N. The molecule has 0 aliphatic carbocycles. The molecule has 1 N–H and O–H groups in total. The molecule has 0 aliphatic rings. The van der Waals surface area contributed by atoms with Crippen LogP contribution >= 0.6 is 0 Å². The van der Waals surface area contributed by atoms with E-state index in [2.05, 4.69) is 0 Å². The molecule has 18 heavy (non-hydrogen) atoms. The van der Waals surface area contributed by atoms with E-state index < -0.39 is 18.5 Å². The summed E-state index contributed by atoms with van der Waals surface area (Å²) in [6.07, 6.45) is 0. The zero-order chi connectivity index (χ0) is 13.7. The number of carbonyl (C=O) groups is 2. The average Bonchev–Trinajstić information content (AvgIpc) is 2.36. The molecule has 0 unspecified atom stereocenters. The molecule has 0 aromatic heterocycles. The Morgan fingerprint density at radius 1 is 1.33 bits per heavy atom. The lowest BCUT2D eigenvalue weighted by Gasteiger charge is -2.24. The highest BCUT2D eigenvalue weighted by atomic mass is 16.4. The van der Waals surface area contributed by atoms with Crippen LogP contribution in [0.1, 0.15) is 5.56 Å². The molecule has 0 radical (unpaired) electrons. The maximum Gasteiger partial charge on any atom is 0.324 e. The van der Waals surface area contributed by atoms with Crippen molar-refractivity contribution < 1.29 is 14.7 Å². The lowest BCUT2D eigenvalue weighted by Crippen LogP contribution is -2.41. The van der Waals surface area contributed by atoms with Gasteiger partial charge in [-0.2, -0.15) is 5.26 Å². The molecule has 0 heterocycles. The van der Waals surface area contributed by atoms with Gasteiger partial charge < -0.3 is 10.0 Å². The molecule has 1 aromatic carbocycles.